The molecular formula is C11H20N4. The Hall–Kier alpha value is -0.870. The molecule has 1 aromatic rings. The van der Waals surface area contributed by atoms with E-state index in [4.69, 9.17) is 0 Å². The molecule has 1 saturated heterocycles. The Kier molecular flexibility index (Phi) is 3.38. The van der Waals surface area contributed by atoms with Crippen molar-refractivity contribution in [3.05, 3.63) is 18.2 Å². The number of nitrogens with zero attached hydrogens (tertiary/aromatic N) is 3. The molecule has 4 heteroatoms. The van der Waals surface area contributed by atoms with E-state index in [0.717, 1.165) is 6.54 Å². The van der Waals surface area contributed by atoms with Crippen LogP contribution in [-0.4, -0.2) is 41.6 Å². The van der Waals surface area contributed by atoms with Gasteiger partial charge in [0.1, 0.15) is 0 Å². The first-order chi connectivity index (χ1) is 7.31. The van der Waals surface area contributed by atoms with Crippen molar-refractivity contribution in [3.8, 4) is 0 Å². The number of piperidine rings is 1. The second-order valence-corrected chi connectivity index (χ2v) is 4.36. The molecule has 1 aliphatic heterocycles. The Bertz CT molecular complexity index is 299. The highest BCUT2D eigenvalue weighted by atomic mass is 15.1. The van der Waals surface area contributed by atoms with E-state index in [2.05, 4.69) is 26.8 Å². The van der Waals surface area contributed by atoms with Gasteiger partial charge in [0.2, 0.25) is 0 Å². The third kappa shape index (κ3) is 2.38. The van der Waals surface area contributed by atoms with Crippen molar-refractivity contribution in [2.45, 2.75) is 25.4 Å². The predicted octanol–water partition coefficient (Wildman–Crippen LogP) is 0.869. The molecule has 0 bridgehead atoms. The van der Waals surface area contributed by atoms with Crippen LogP contribution in [0.25, 0.3) is 0 Å². The quantitative estimate of drug-likeness (QED) is 0.800. The van der Waals surface area contributed by atoms with Crippen LogP contribution in [0.4, 0.5) is 0 Å². The van der Waals surface area contributed by atoms with Gasteiger partial charge in [-0.25, -0.2) is 4.98 Å². The van der Waals surface area contributed by atoms with Crippen molar-refractivity contribution in [1.82, 2.24) is 19.8 Å². The molecule has 2 heterocycles. The lowest BCUT2D eigenvalue weighted by Crippen LogP contribution is -2.32. The van der Waals surface area contributed by atoms with E-state index in [9.17, 15) is 0 Å². The number of likely N-dealkylation sites (tertiary alicyclic amines) is 1. The van der Waals surface area contributed by atoms with Crippen molar-refractivity contribution in [3.63, 3.8) is 0 Å². The Labute approximate surface area is 91.3 Å². The fourth-order valence-electron chi connectivity index (χ4n) is 2.25. The summed E-state index contributed by atoms with van der Waals surface area (Å²) >= 11 is 0. The van der Waals surface area contributed by atoms with Gasteiger partial charge in [-0.1, -0.05) is 0 Å². The lowest BCUT2D eigenvalue weighted by Gasteiger charge is -2.30. The first-order valence-electron chi connectivity index (χ1n) is 5.65. The monoisotopic (exact) mass is 208 g/mol. The SMILES string of the molecule is CNCc1cncn1C1CCN(C)CC1. The van der Waals surface area contributed by atoms with Gasteiger partial charge >= 0.3 is 0 Å². The minimum Gasteiger partial charge on any atom is -0.330 e. The summed E-state index contributed by atoms with van der Waals surface area (Å²) in [7, 11) is 4.17. The molecule has 0 saturated carbocycles. The van der Waals surface area contributed by atoms with Gasteiger partial charge in [0.05, 0.1) is 12.0 Å². The van der Waals surface area contributed by atoms with Crippen LogP contribution >= 0.6 is 0 Å². The van der Waals surface area contributed by atoms with Gasteiger partial charge < -0.3 is 14.8 Å². The zero-order chi connectivity index (χ0) is 10.7. The average Bonchev–Trinajstić information content (AvgIpc) is 2.68. The highest BCUT2D eigenvalue weighted by Crippen LogP contribution is 2.22. The number of hydrogen-bond acceptors (Lipinski definition) is 3. The van der Waals surface area contributed by atoms with Crippen LogP contribution in [0.3, 0.4) is 0 Å². The Morgan fingerprint density at radius 3 is 2.87 bits per heavy atom. The largest absolute Gasteiger partial charge is 0.330 e. The van der Waals surface area contributed by atoms with Crippen molar-refractivity contribution in [1.29, 1.82) is 0 Å². The zero-order valence-electron chi connectivity index (χ0n) is 9.61. The molecule has 1 fully saturated rings. The van der Waals surface area contributed by atoms with Crippen molar-refractivity contribution in [2.24, 2.45) is 0 Å². The molecule has 2 rings (SSSR count). The third-order valence-electron chi connectivity index (χ3n) is 3.19. The minimum absolute atomic E-state index is 0.645. The maximum atomic E-state index is 4.24. The molecule has 15 heavy (non-hydrogen) atoms. The molecule has 1 aromatic heterocycles. The fraction of sp³-hybridized carbons (Fsp3) is 0.727. The summed E-state index contributed by atoms with van der Waals surface area (Å²) in [5, 5.41) is 3.19. The normalized spacial score (nSPS) is 19.6. The van der Waals surface area contributed by atoms with E-state index < -0.39 is 0 Å². The molecule has 0 amide bonds. The molecule has 0 spiro atoms. The molecular weight excluding hydrogens is 188 g/mol. The third-order valence-corrected chi connectivity index (χ3v) is 3.19. The Balaban J connectivity index is 2.05. The van der Waals surface area contributed by atoms with Crippen molar-refractivity contribution in [2.75, 3.05) is 27.2 Å². The molecule has 0 unspecified atom stereocenters. The van der Waals surface area contributed by atoms with E-state index in [-0.39, 0.29) is 0 Å². The lowest BCUT2D eigenvalue weighted by molar-refractivity contribution is 0.219. The van der Waals surface area contributed by atoms with E-state index in [1.165, 1.54) is 31.6 Å². The van der Waals surface area contributed by atoms with Gasteiger partial charge in [-0.15, -0.1) is 0 Å². The second kappa shape index (κ2) is 4.77. The van der Waals surface area contributed by atoms with Gasteiger partial charge in [-0.05, 0) is 40.0 Å². The zero-order valence-corrected chi connectivity index (χ0v) is 9.61. The van der Waals surface area contributed by atoms with E-state index in [1.807, 2.05) is 19.6 Å². The van der Waals surface area contributed by atoms with Gasteiger partial charge in [0, 0.05) is 18.8 Å². The molecule has 0 atom stereocenters. The summed E-state index contributed by atoms with van der Waals surface area (Å²) in [5.74, 6) is 0. The molecule has 0 radical (unpaired) electrons. The topological polar surface area (TPSA) is 33.1 Å². The second-order valence-electron chi connectivity index (χ2n) is 4.36. The van der Waals surface area contributed by atoms with Crippen LogP contribution in [0.2, 0.25) is 0 Å². The van der Waals surface area contributed by atoms with Gasteiger partial charge in [0.15, 0.2) is 0 Å². The summed E-state index contributed by atoms with van der Waals surface area (Å²) in [4.78, 5) is 6.64. The smallest absolute Gasteiger partial charge is 0.0951 e. The van der Waals surface area contributed by atoms with Crippen LogP contribution in [0.1, 0.15) is 24.6 Å². The minimum atomic E-state index is 0.645. The Morgan fingerprint density at radius 1 is 1.47 bits per heavy atom. The number of rotatable bonds is 3. The van der Waals surface area contributed by atoms with Crippen LogP contribution in [0.15, 0.2) is 12.5 Å². The van der Waals surface area contributed by atoms with Gasteiger partial charge in [0.25, 0.3) is 0 Å². The summed E-state index contributed by atoms with van der Waals surface area (Å²) in [6.07, 6.45) is 6.42. The summed E-state index contributed by atoms with van der Waals surface area (Å²) in [6.45, 7) is 3.30. The molecule has 84 valence electrons. The summed E-state index contributed by atoms with van der Waals surface area (Å²) < 4.78 is 2.34. The number of aromatic nitrogens is 2. The fourth-order valence-corrected chi connectivity index (χ4v) is 2.25. The van der Waals surface area contributed by atoms with Crippen LogP contribution < -0.4 is 5.32 Å². The summed E-state index contributed by atoms with van der Waals surface area (Å²) in [6, 6.07) is 0.645. The number of nitrogens with one attached hydrogen (secondary N) is 1. The average molecular weight is 208 g/mol. The van der Waals surface area contributed by atoms with Gasteiger partial charge in [-0.2, -0.15) is 0 Å². The molecule has 4 nitrogen and oxygen atoms in total. The molecule has 0 aromatic carbocycles. The molecule has 1 aliphatic rings. The van der Waals surface area contributed by atoms with E-state index in [0.29, 0.717) is 6.04 Å². The van der Waals surface area contributed by atoms with Crippen LogP contribution in [0, 0.1) is 0 Å². The first kappa shape index (κ1) is 10.6. The van der Waals surface area contributed by atoms with Crippen molar-refractivity contribution < 1.29 is 0 Å². The predicted molar refractivity (Wildman–Crippen MR) is 60.8 cm³/mol. The van der Waals surface area contributed by atoms with Crippen LogP contribution in [0.5, 0.6) is 0 Å². The molecule has 0 aliphatic carbocycles. The van der Waals surface area contributed by atoms with Crippen molar-refractivity contribution >= 4 is 0 Å². The lowest BCUT2D eigenvalue weighted by atomic mass is 10.1. The summed E-state index contributed by atoms with van der Waals surface area (Å²) in [5.41, 5.74) is 1.30. The highest BCUT2D eigenvalue weighted by molar-refractivity contribution is 5.00. The number of imidazole rings is 1. The van der Waals surface area contributed by atoms with E-state index >= 15 is 0 Å². The Morgan fingerprint density at radius 2 is 2.20 bits per heavy atom. The van der Waals surface area contributed by atoms with Crippen LogP contribution in [-0.2, 0) is 6.54 Å². The van der Waals surface area contributed by atoms with Gasteiger partial charge in [-0.3, -0.25) is 0 Å². The van der Waals surface area contributed by atoms with E-state index in [1.54, 1.807) is 0 Å². The first-order valence-corrected chi connectivity index (χ1v) is 5.65. The maximum absolute atomic E-state index is 4.24. The number of hydrogen-bond donors (Lipinski definition) is 1. The molecule has 1 N–H and O–H groups in total. The maximum Gasteiger partial charge on any atom is 0.0951 e. The highest BCUT2D eigenvalue weighted by Gasteiger charge is 2.19. The standard InChI is InChI=1S/C11H20N4/c1-12-7-11-8-13-9-15(11)10-3-5-14(2)6-4-10/h8-10,12H,3-7H2,1-2H3.